The second kappa shape index (κ2) is 5.05. The Morgan fingerprint density at radius 1 is 1.33 bits per heavy atom. The number of nitrogens with one attached hydrogen (secondary N) is 1. The summed E-state index contributed by atoms with van der Waals surface area (Å²) in [4.78, 5) is 2.63. The molecule has 2 aliphatic carbocycles. The van der Waals surface area contributed by atoms with Crippen molar-refractivity contribution in [2.45, 2.75) is 62.6 Å². The average molecular weight is 326 g/mol. The zero-order valence-electron chi connectivity index (χ0n) is 12.3. The lowest BCUT2D eigenvalue weighted by Gasteiger charge is -2.26. The van der Waals surface area contributed by atoms with E-state index in [4.69, 9.17) is 0 Å². The zero-order chi connectivity index (χ0) is 14.6. The molecule has 1 aromatic heterocycles. The van der Waals surface area contributed by atoms with Crippen LogP contribution in [-0.4, -0.2) is 31.4 Å². The molecule has 1 saturated heterocycles. The molecular weight excluding hydrogens is 304 g/mol. The molecule has 116 valence electrons. The van der Waals surface area contributed by atoms with Crippen LogP contribution in [0.15, 0.2) is 11.0 Å². The maximum Gasteiger partial charge on any atom is 0.244 e. The lowest BCUT2D eigenvalue weighted by Crippen LogP contribution is -2.37. The van der Waals surface area contributed by atoms with Crippen LogP contribution in [0.25, 0.3) is 0 Å². The quantitative estimate of drug-likeness (QED) is 0.904. The number of sulfonamides is 1. The van der Waals surface area contributed by atoms with Crippen LogP contribution in [0.2, 0.25) is 0 Å². The molecule has 2 atom stereocenters. The lowest BCUT2D eigenvalue weighted by molar-refractivity contribution is 0.333. The van der Waals surface area contributed by atoms with Gasteiger partial charge in [-0.2, -0.15) is 4.31 Å². The van der Waals surface area contributed by atoms with E-state index in [1.165, 1.54) is 19.3 Å². The second-order valence-corrected chi connectivity index (χ2v) is 9.90. The molecule has 3 aliphatic rings. The van der Waals surface area contributed by atoms with Gasteiger partial charge in [0.2, 0.25) is 10.0 Å². The van der Waals surface area contributed by atoms with Crippen LogP contribution < -0.4 is 5.32 Å². The minimum atomic E-state index is -3.29. The Bertz CT molecular complexity index is 649. The molecule has 1 aromatic rings. The van der Waals surface area contributed by atoms with Gasteiger partial charge in [-0.25, -0.2) is 8.42 Å². The van der Waals surface area contributed by atoms with E-state index in [0.29, 0.717) is 16.9 Å². The molecule has 0 spiro atoms. The van der Waals surface area contributed by atoms with Crippen LogP contribution in [-0.2, 0) is 16.6 Å². The van der Waals surface area contributed by atoms with Gasteiger partial charge >= 0.3 is 0 Å². The molecule has 2 saturated carbocycles. The Kier molecular flexibility index (Phi) is 3.41. The lowest BCUT2D eigenvalue weighted by atomic mass is 10.1. The molecule has 2 unspecified atom stereocenters. The molecule has 21 heavy (non-hydrogen) atoms. The van der Waals surface area contributed by atoms with Gasteiger partial charge in [-0.05, 0) is 51.0 Å². The van der Waals surface area contributed by atoms with Crippen molar-refractivity contribution < 1.29 is 8.42 Å². The molecule has 2 heterocycles. The number of hydrogen-bond acceptors (Lipinski definition) is 4. The van der Waals surface area contributed by atoms with Gasteiger partial charge < -0.3 is 5.32 Å². The van der Waals surface area contributed by atoms with Crippen molar-refractivity contribution in [2.75, 3.05) is 6.54 Å². The predicted octanol–water partition coefficient (Wildman–Crippen LogP) is 2.48. The Morgan fingerprint density at radius 2 is 2.14 bits per heavy atom. The SMILES string of the molecule is Cc1sc(CNC2CC2)cc1S(=O)(=O)N1CC2CCC1C2. The third-order valence-electron chi connectivity index (χ3n) is 5.01. The first kappa shape index (κ1) is 14.2. The van der Waals surface area contributed by atoms with Gasteiger partial charge in [-0.1, -0.05) is 0 Å². The molecule has 4 rings (SSSR count). The number of fused-ring (bicyclic) bond motifs is 2. The summed E-state index contributed by atoms with van der Waals surface area (Å²) < 4.78 is 27.6. The fourth-order valence-electron chi connectivity index (χ4n) is 3.70. The van der Waals surface area contributed by atoms with E-state index < -0.39 is 10.0 Å². The van der Waals surface area contributed by atoms with E-state index in [0.717, 1.165) is 35.7 Å². The van der Waals surface area contributed by atoms with Crippen molar-refractivity contribution in [2.24, 2.45) is 5.92 Å². The van der Waals surface area contributed by atoms with Crippen LogP contribution in [0.4, 0.5) is 0 Å². The van der Waals surface area contributed by atoms with Crippen molar-refractivity contribution in [3.05, 3.63) is 15.8 Å². The zero-order valence-corrected chi connectivity index (χ0v) is 14.0. The molecule has 2 bridgehead atoms. The molecule has 6 heteroatoms. The summed E-state index contributed by atoms with van der Waals surface area (Å²) in [5.41, 5.74) is 0. The van der Waals surface area contributed by atoms with E-state index in [9.17, 15) is 8.42 Å². The Hall–Kier alpha value is -0.430. The molecule has 0 radical (unpaired) electrons. The standard InChI is InChI=1S/C15H22N2O2S2/c1-10-15(7-14(20-10)8-16-12-3-4-12)21(18,19)17-9-11-2-5-13(17)6-11/h7,11-13,16H,2-6,8-9H2,1H3. The highest BCUT2D eigenvalue weighted by Gasteiger charge is 2.44. The third-order valence-corrected chi connectivity index (χ3v) is 8.24. The summed E-state index contributed by atoms with van der Waals surface area (Å²) >= 11 is 1.62. The fourth-order valence-corrected chi connectivity index (χ4v) is 7.00. The Balaban J connectivity index is 1.56. The van der Waals surface area contributed by atoms with E-state index in [1.54, 1.807) is 15.6 Å². The van der Waals surface area contributed by atoms with Gasteiger partial charge in [0.1, 0.15) is 0 Å². The van der Waals surface area contributed by atoms with Crippen LogP contribution >= 0.6 is 11.3 Å². The maximum absolute atomic E-state index is 12.9. The number of hydrogen-bond donors (Lipinski definition) is 1. The maximum atomic E-state index is 12.9. The Labute approximate surface area is 130 Å². The highest BCUT2D eigenvalue weighted by molar-refractivity contribution is 7.89. The first-order valence-corrected chi connectivity index (χ1v) is 10.1. The minimum absolute atomic E-state index is 0.257. The normalized spacial score (nSPS) is 29.4. The summed E-state index contributed by atoms with van der Waals surface area (Å²) in [6.45, 7) is 3.47. The van der Waals surface area contributed by atoms with E-state index in [-0.39, 0.29) is 6.04 Å². The number of rotatable bonds is 5. The van der Waals surface area contributed by atoms with Gasteiger partial charge in [-0.15, -0.1) is 11.3 Å². The van der Waals surface area contributed by atoms with Gasteiger partial charge in [0.25, 0.3) is 0 Å². The number of piperidine rings is 1. The summed E-state index contributed by atoms with van der Waals surface area (Å²) in [7, 11) is -3.29. The number of thiophene rings is 1. The predicted molar refractivity (Wildman–Crippen MR) is 83.9 cm³/mol. The van der Waals surface area contributed by atoms with Crippen molar-refractivity contribution in [3.8, 4) is 0 Å². The Morgan fingerprint density at radius 3 is 2.76 bits per heavy atom. The monoisotopic (exact) mass is 326 g/mol. The van der Waals surface area contributed by atoms with Gasteiger partial charge in [0.05, 0.1) is 4.90 Å². The summed E-state index contributed by atoms with van der Waals surface area (Å²) in [5.74, 6) is 0.597. The molecule has 3 fully saturated rings. The number of nitrogens with zero attached hydrogens (tertiary/aromatic N) is 1. The molecule has 1 N–H and O–H groups in total. The van der Waals surface area contributed by atoms with Gasteiger partial charge in [0, 0.05) is 34.9 Å². The fraction of sp³-hybridized carbons (Fsp3) is 0.733. The number of aryl methyl sites for hydroxylation is 1. The van der Waals surface area contributed by atoms with E-state index in [1.807, 2.05) is 13.0 Å². The van der Waals surface area contributed by atoms with Crippen molar-refractivity contribution in [1.82, 2.24) is 9.62 Å². The van der Waals surface area contributed by atoms with Crippen LogP contribution in [0, 0.1) is 12.8 Å². The summed E-state index contributed by atoms with van der Waals surface area (Å²) in [5, 5.41) is 3.46. The highest BCUT2D eigenvalue weighted by Crippen LogP contribution is 2.41. The van der Waals surface area contributed by atoms with Crippen molar-refractivity contribution in [3.63, 3.8) is 0 Å². The van der Waals surface area contributed by atoms with Crippen molar-refractivity contribution in [1.29, 1.82) is 0 Å². The van der Waals surface area contributed by atoms with E-state index >= 15 is 0 Å². The van der Waals surface area contributed by atoms with Gasteiger partial charge in [-0.3, -0.25) is 0 Å². The highest BCUT2D eigenvalue weighted by atomic mass is 32.2. The van der Waals surface area contributed by atoms with Crippen LogP contribution in [0.1, 0.15) is 41.9 Å². The first-order chi connectivity index (χ1) is 10.0. The van der Waals surface area contributed by atoms with Gasteiger partial charge in [0.15, 0.2) is 0 Å². The molecule has 0 amide bonds. The second-order valence-electron chi connectivity index (χ2n) is 6.70. The summed E-state index contributed by atoms with van der Waals surface area (Å²) in [6.07, 6.45) is 5.83. The van der Waals surface area contributed by atoms with E-state index in [2.05, 4.69) is 5.32 Å². The smallest absolute Gasteiger partial charge is 0.244 e. The topological polar surface area (TPSA) is 49.4 Å². The molecule has 0 aromatic carbocycles. The van der Waals surface area contributed by atoms with Crippen LogP contribution in [0.5, 0.6) is 0 Å². The largest absolute Gasteiger partial charge is 0.309 e. The summed E-state index contributed by atoms with van der Waals surface area (Å²) in [6, 6.07) is 2.81. The molecule has 1 aliphatic heterocycles. The third kappa shape index (κ3) is 2.56. The minimum Gasteiger partial charge on any atom is -0.309 e. The first-order valence-electron chi connectivity index (χ1n) is 7.88. The molecular formula is C15H22N2O2S2. The van der Waals surface area contributed by atoms with Crippen molar-refractivity contribution >= 4 is 21.4 Å². The van der Waals surface area contributed by atoms with Crippen LogP contribution in [0.3, 0.4) is 0 Å². The average Bonchev–Trinajstić information content (AvgIpc) is 2.86. The molecule has 4 nitrogen and oxygen atoms in total.